The van der Waals surface area contributed by atoms with E-state index in [1.54, 1.807) is 0 Å². The van der Waals surface area contributed by atoms with Gasteiger partial charge in [0, 0.05) is 30.8 Å². The van der Waals surface area contributed by atoms with Crippen LogP contribution in [0.5, 0.6) is 0 Å². The van der Waals surface area contributed by atoms with Gasteiger partial charge in [-0.1, -0.05) is 24.3 Å². The summed E-state index contributed by atoms with van der Waals surface area (Å²) in [6.07, 6.45) is 5.89. The van der Waals surface area contributed by atoms with Crippen LogP contribution < -0.4 is 16.4 Å². The Bertz CT molecular complexity index is 703. The van der Waals surface area contributed by atoms with Gasteiger partial charge in [0.15, 0.2) is 0 Å². The molecule has 6 nitrogen and oxygen atoms in total. The van der Waals surface area contributed by atoms with E-state index in [0.29, 0.717) is 6.54 Å². The van der Waals surface area contributed by atoms with Gasteiger partial charge in [0.05, 0.1) is 12.7 Å². The number of nitrogens with two attached hydrogens (primary N) is 1. The number of aryl methyl sites for hydroxylation is 1. The summed E-state index contributed by atoms with van der Waals surface area (Å²) in [7, 11) is 1.92. The molecule has 1 aliphatic heterocycles. The smallest absolute Gasteiger partial charge is 0.233 e. The molecule has 1 aromatic heterocycles. The zero-order valence-electron chi connectivity index (χ0n) is 14.1. The van der Waals surface area contributed by atoms with E-state index in [-0.39, 0.29) is 17.9 Å². The normalized spacial score (nSPS) is 16.8. The van der Waals surface area contributed by atoms with Crippen LogP contribution in [0.1, 0.15) is 18.4 Å². The highest BCUT2D eigenvalue weighted by molar-refractivity contribution is 5.77. The fraction of sp³-hybridized carbons (Fsp3) is 0.444. The van der Waals surface area contributed by atoms with Gasteiger partial charge in [-0.05, 0) is 37.1 Å². The Balaban J connectivity index is 1.91. The molecule has 0 spiro atoms. The fourth-order valence-corrected chi connectivity index (χ4v) is 3.41. The molecule has 0 radical (unpaired) electrons. The SMILES string of the molecule is Cn1cc(-c2cccc(C3(CNC(=O)CN)CCNCC3)c2)cn1. The maximum absolute atomic E-state index is 11.7. The van der Waals surface area contributed by atoms with Gasteiger partial charge in [-0.25, -0.2) is 0 Å². The quantitative estimate of drug-likeness (QED) is 0.758. The number of carbonyl (C=O) groups is 1. The molecular formula is C18H25N5O. The number of carbonyl (C=O) groups excluding carboxylic acids is 1. The second-order valence-electron chi connectivity index (χ2n) is 6.49. The molecule has 0 aliphatic carbocycles. The first-order chi connectivity index (χ1) is 11.6. The maximum atomic E-state index is 11.7. The molecule has 2 aromatic rings. The summed E-state index contributed by atoms with van der Waals surface area (Å²) < 4.78 is 1.81. The molecule has 1 aromatic carbocycles. The van der Waals surface area contributed by atoms with Crippen LogP contribution in [-0.2, 0) is 17.3 Å². The van der Waals surface area contributed by atoms with Crippen molar-refractivity contribution in [3.8, 4) is 11.1 Å². The highest BCUT2D eigenvalue weighted by Crippen LogP contribution is 2.35. The number of nitrogens with one attached hydrogen (secondary N) is 2. The number of rotatable bonds is 5. The summed E-state index contributed by atoms with van der Waals surface area (Å²) in [5.41, 5.74) is 8.92. The zero-order chi connectivity index (χ0) is 17.0. The molecule has 0 atom stereocenters. The Morgan fingerprint density at radius 2 is 2.17 bits per heavy atom. The zero-order valence-corrected chi connectivity index (χ0v) is 14.1. The third kappa shape index (κ3) is 3.49. The predicted molar refractivity (Wildman–Crippen MR) is 94.5 cm³/mol. The van der Waals surface area contributed by atoms with Gasteiger partial charge in [0.1, 0.15) is 0 Å². The minimum Gasteiger partial charge on any atom is -0.354 e. The van der Waals surface area contributed by atoms with Gasteiger partial charge < -0.3 is 16.4 Å². The number of nitrogens with zero attached hydrogens (tertiary/aromatic N) is 2. The van der Waals surface area contributed by atoms with E-state index in [4.69, 9.17) is 5.73 Å². The molecule has 0 bridgehead atoms. The lowest BCUT2D eigenvalue weighted by Crippen LogP contribution is -2.48. The molecule has 1 aliphatic rings. The monoisotopic (exact) mass is 327 g/mol. The molecule has 2 heterocycles. The van der Waals surface area contributed by atoms with E-state index >= 15 is 0 Å². The first-order valence-electron chi connectivity index (χ1n) is 8.40. The molecule has 1 fully saturated rings. The van der Waals surface area contributed by atoms with Gasteiger partial charge in [-0.15, -0.1) is 0 Å². The van der Waals surface area contributed by atoms with Crippen molar-refractivity contribution in [1.29, 1.82) is 0 Å². The Hall–Kier alpha value is -2.18. The number of amides is 1. The maximum Gasteiger partial charge on any atom is 0.233 e. The van der Waals surface area contributed by atoms with Crippen molar-refractivity contribution in [1.82, 2.24) is 20.4 Å². The van der Waals surface area contributed by atoms with Crippen LogP contribution >= 0.6 is 0 Å². The van der Waals surface area contributed by atoms with Crippen molar-refractivity contribution < 1.29 is 4.79 Å². The molecule has 1 amide bonds. The lowest BCUT2D eigenvalue weighted by atomic mass is 9.72. The van der Waals surface area contributed by atoms with Crippen LogP contribution in [0.2, 0.25) is 0 Å². The Morgan fingerprint density at radius 1 is 1.38 bits per heavy atom. The lowest BCUT2D eigenvalue weighted by molar-refractivity contribution is -0.120. The first-order valence-corrected chi connectivity index (χ1v) is 8.40. The molecular weight excluding hydrogens is 302 g/mol. The van der Waals surface area contributed by atoms with Crippen LogP contribution in [-0.4, -0.2) is 41.9 Å². The lowest BCUT2D eigenvalue weighted by Gasteiger charge is -2.38. The van der Waals surface area contributed by atoms with Crippen LogP contribution in [0.3, 0.4) is 0 Å². The summed E-state index contributed by atoms with van der Waals surface area (Å²) in [4.78, 5) is 11.7. The van der Waals surface area contributed by atoms with E-state index in [0.717, 1.165) is 37.1 Å². The van der Waals surface area contributed by atoms with Crippen LogP contribution in [0.25, 0.3) is 11.1 Å². The van der Waals surface area contributed by atoms with E-state index < -0.39 is 0 Å². The number of piperidine rings is 1. The summed E-state index contributed by atoms with van der Waals surface area (Å²) >= 11 is 0. The fourth-order valence-electron chi connectivity index (χ4n) is 3.41. The highest BCUT2D eigenvalue weighted by Gasteiger charge is 2.34. The Labute approximate surface area is 142 Å². The van der Waals surface area contributed by atoms with Crippen molar-refractivity contribution >= 4 is 5.91 Å². The summed E-state index contributed by atoms with van der Waals surface area (Å²) in [5, 5.41) is 10.7. The summed E-state index contributed by atoms with van der Waals surface area (Å²) in [6.45, 7) is 2.57. The first kappa shape index (κ1) is 16.7. The summed E-state index contributed by atoms with van der Waals surface area (Å²) in [5.74, 6) is -0.101. The van der Waals surface area contributed by atoms with Gasteiger partial charge in [-0.3, -0.25) is 9.48 Å². The third-order valence-electron chi connectivity index (χ3n) is 4.88. The minimum absolute atomic E-state index is 0.0318. The molecule has 128 valence electrons. The molecule has 0 saturated carbocycles. The predicted octanol–water partition coefficient (Wildman–Crippen LogP) is 0.783. The molecule has 24 heavy (non-hydrogen) atoms. The van der Waals surface area contributed by atoms with Crippen LogP contribution in [0.15, 0.2) is 36.7 Å². The summed E-state index contributed by atoms with van der Waals surface area (Å²) in [6, 6.07) is 8.59. The topological polar surface area (TPSA) is 85.0 Å². The van der Waals surface area contributed by atoms with E-state index in [1.165, 1.54) is 5.56 Å². The molecule has 6 heteroatoms. The second kappa shape index (κ2) is 7.15. The average Bonchev–Trinajstić information content (AvgIpc) is 3.07. The largest absolute Gasteiger partial charge is 0.354 e. The molecule has 4 N–H and O–H groups in total. The highest BCUT2D eigenvalue weighted by atomic mass is 16.1. The van der Waals surface area contributed by atoms with Crippen molar-refractivity contribution in [3.05, 3.63) is 42.2 Å². The third-order valence-corrected chi connectivity index (χ3v) is 4.88. The molecule has 0 unspecified atom stereocenters. The van der Waals surface area contributed by atoms with Crippen molar-refractivity contribution in [2.24, 2.45) is 12.8 Å². The average molecular weight is 327 g/mol. The van der Waals surface area contributed by atoms with Crippen LogP contribution in [0.4, 0.5) is 0 Å². The number of benzene rings is 1. The second-order valence-corrected chi connectivity index (χ2v) is 6.49. The van der Waals surface area contributed by atoms with E-state index in [1.807, 2.05) is 24.1 Å². The standard InChI is InChI=1S/C18H25N5O/c1-23-12-15(11-22-23)14-3-2-4-16(9-14)18(5-7-20-8-6-18)13-21-17(24)10-19/h2-4,9,11-12,20H,5-8,10,13,19H2,1H3,(H,21,24). The van der Waals surface area contributed by atoms with Crippen molar-refractivity contribution in [2.75, 3.05) is 26.2 Å². The van der Waals surface area contributed by atoms with E-state index in [2.05, 4.69) is 40.0 Å². The van der Waals surface area contributed by atoms with Gasteiger partial charge in [-0.2, -0.15) is 5.10 Å². The van der Waals surface area contributed by atoms with Crippen LogP contribution in [0, 0.1) is 0 Å². The molecule has 3 rings (SSSR count). The number of hydrogen-bond donors (Lipinski definition) is 3. The van der Waals surface area contributed by atoms with Crippen molar-refractivity contribution in [2.45, 2.75) is 18.3 Å². The Morgan fingerprint density at radius 3 is 2.83 bits per heavy atom. The van der Waals surface area contributed by atoms with Crippen molar-refractivity contribution in [3.63, 3.8) is 0 Å². The minimum atomic E-state index is -0.101. The number of hydrogen-bond acceptors (Lipinski definition) is 4. The molecule has 1 saturated heterocycles. The van der Waals surface area contributed by atoms with Gasteiger partial charge >= 0.3 is 0 Å². The van der Waals surface area contributed by atoms with Gasteiger partial charge in [0.2, 0.25) is 5.91 Å². The number of aromatic nitrogens is 2. The van der Waals surface area contributed by atoms with E-state index in [9.17, 15) is 4.79 Å². The Kier molecular flexibility index (Phi) is 4.97. The van der Waals surface area contributed by atoms with Gasteiger partial charge in [0.25, 0.3) is 0 Å².